The smallest absolute Gasteiger partial charge is 0.258 e. The number of hydrogen-bond acceptors (Lipinski definition) is 3. The van der Waals surface area contributed by atoms with E-state index in [0.29, 0.717) is 16.5 Å². The van der Waals surface area contributed by atoms with Crippen LogP contribution in [0.5, 0.6) is 0 Å². The van der Waals surface area contributed by atoms with Crippen LogP contribution in [-0.2, 0) is 6.18 Å². The van der Waals surface area contributed by atoms with Crippen LogP contribution in [0.25, 0.3) is 11.4 Å². The van der Waals surface area contributed by atoms with Crippen LogP contribution in [0.3, 0.4) is 0 Å². The number of H-pyrrole nitrogens is 1. The SMILES string of the molecule is C#CCSc1n[nH]c(-c2cccc(C(F)(F)F)c2)n1. The summed E-state index contributed by atoms with van der Waals surface area (Å²) < 4.78 is 37.7. The van der Waals surface area contributed by atoms with Crippen LogP contribution in [0.4, 0.5) is 13.2 Å². The number of rotatable bonds is 3. The fraction of sp³-hybridized carbons (Fsp3) is 0.167. The van der Waals surface area contributed by atoms with Crippen molar-refractivity contribution < 1.29 is 13.2 Å². The average Bonchev–Trinajstić information content (AvgIpc) is 2.84. The molecule has 1 heterocycles. The van der Waals surface area contributed by atoms with Gasteiger partial charge in [0.15, 0.2) is 5.82 Å². The molecule has 98 valence electrons. The quantitative estimate of drug-likeness (QED) is 0.694. The summed E-state index contributed by atoms with van der Waals surface area (Å²) in [4.78, 5) is 4.07. The summed E-state index contributed by atoms with van der Waals surface area (Å²) in [5.41, 5.74) is -0.394. The summed E-state index contributed by atoms with van der Waals surface area (Å²) in [6, 6.07) is 4.89. The van der Waals surface area contributed by atoms with Crippen molar-refractivity contribution in [1.29, 1.82) is 0 Å². The Balaban J connectivity index is 2.27. The number of alkyl halides is 3. The molecular weight excluding hydrogens is 275 g/mol. The lowest BCUT2D eigenvalue weighted by Gasteiger charge is -2.06. The molecule has 0 amide bonds. The number of hydrogen-bond donors (Lipinski definition) is 1. The molecule has 0 aliphatic heterocycles. The molecule has 19 heavy (non-hydrogen) atoms. The van der Waals surface area contributed by atoms with Gasteiger partial charge in [-0.1, -0.05) is 29.8 Å². The lowest BCUT2D eigenvalue weighted by molar-refractivity contribution is -0.137. The van der Waals surface area contributed by atoms with E-state index in [1.54, 1.807) is 0 Å². The van der Waals surface area contributed by atoms with Gasteiger partial charge >= 0.3 is 6.18 Å². The Labute approximate surface area is 111 Å². The number of benzene rings is 1. The minimum absolute atomic E-state index is 0.283. The van der Waals surface area contributed by atoms with Crippen molar-refractivity contribution in [3.8, 4) is 23.7 Å². The highest BCUT2D eigenvalue weighted by Crippen LogP contribution is 2.31. The molecule has 0 unspecified atom stereocenters. The van der Waals surface area contributed by atoms with E-state index in [1.807, 2.05) is 0 Å². The number of terminal acetylenes is 1. The number of nitrogens with one attached hydrogen (secondary N) is 1. The van der Waals surface area contributed by atoms with Gasteiger partial charge in [-0.15, -0.1) is 11.5 Å². The zero-order valence-corrected chi connectivity index (χ0v) is 10.3. The summed E-state index contributed by atoms with van der Waals surface area (Å²) in [5.74, 6) is 3.10. The number of halogens is 3. The molecule has 0 aliphatic rings. The van der Waals surface area contributed by atoms with Crippen LogP contribution in [0.1, 0.15) is 5.56 Å². The maximum absolute atomic E-state index is 12.6. The molecule has 0 radical (unpaired) electrons. The lowest BCUT2D eigenvalue weighted by Crippen LogP contribution is -2.04. The molecule has 1 N–H and O–H groups in total. The summed E-state index contributed by atoms with van der Waals surface area (Å²) in [5, 5.41) is 6.87. The Morgan fingerprint density at radius 2 is 2.16 bits per heavy atom. The predicted molar refractivity (Wildman–Crippen MR) is 66.4 cm³/mol. The van der Waals surface area contributed by atoms with Crippen LogP contribution in [0.15, 0.2) is 29.4 Å². The van der Waals surface area contributed by atoms with E-state index in [9.17, 15) is 13.2 Å². The minimum atomic E-state index is -4.38. The van der Waals surface area contributed by atoms with Gasteiger partial charge in [-0.25, -0.2) is 4.98 Å². The normalized spacial score (nSPS) is 11.3. The van der Waals surface area contributed by atoms with Gasteiger partial charge in [0.25, 0.3) is 0 Å². The van der Waals surface area contributed by atoms with E-state index < -0.39 is 11.7 Å². The Kier molecular flexibility index (Phi) is 3.81. The fourth-order valence-electron chi connectivity index (χ4n) is 1.39. The number of aromatic amines is 1. The fourth-order valence-corrected chi connectivity index (χ4v) is 1.87. The minimum Gasteiger partial charge on any atom is -0.258 e. The maximum Gasteiger partial charge on any atom is 0.416 e. The summed E-state index contributed by atoms with van der Waals surface area (Å²) in [6.45, 7) is 0. The van der Waals surface area contributed by atoms with Gasteiger partial charge < -0.3 is 0 Å². The molecule has 1 aromatic carbocycles. The van der Waals surface area contributed by atoms with E-state index in [-0.39, 0.29) is 5.82 Å². The molecule has 0 spiro atoms. The Hall–Kier alpha value is -1.94. The highest BCUT2D eigenvalue weighted by Gasteiger charge is 2.30. The van der Waals surface area contributed by atoms with Gasteiger partial charge in [0.1, 0.15) is 0 Å². The van der Waals surface area contributed by atoms with Crippen molar-refractivity contribution in [3.63, 3.8) is 0 Å². The van der Waals surface area contributed by atoms with Crippen LogP contribution >= 0.6 is 11.8 Å². The third-order valence-corrected chi connectivity index (χ3v) is 2.96. The molecule has 3 nitrogen and oxygen atoms in total. The monoisotopic (exact) mass is 283 g/mol. The molecule has 0 saturated carbocycles. The Bertz CT molecular complexity index is 613. The third-order valence-electron chi connectivity index (χ3n) is 2.21. The first kappa shape index (κ1) is 13.5. The van der Waals surface area contributed by atoms with E-state index in [1.165, 1.54) is 23.9 Å². The van der Waals surface area contributed by atoms with Crippen LogP contribution in [0, 0.1) is 12.3 Å². The standard InChI is InChI=1S/C12H8F3N3S/c1-2-6-19-11-16-10(17-18-11)8-4-3-5-9(7-8)12(13,14)15/h1,3-5,7H,6H2,(H,16,17,18). The second-order valence-electron chi connectivity index (χ2n) is 3.54. The molecule has 0 bridgehead atoms. The van der Waals surface area contributed by atoms with Crippen LogP contribution < -0.4 is 0 Å². The summed E-state index contributed by atoms with van der Waals surface area (Å²) >= 11 is 1.23. The topological polar surface area (TPSA) is 41.6 Å². The second kappa shape index (κ2) is 5.36. The van der Waals surface area contributed by atoms with Gasteiger partial charge in [0, 0.05) is 5.56 Å². The summed E-state index contributed by atoms with van der Waals surface area (Å²) in [7, 11) is 0. The van der Waals surface area contributed by atoms with Gasteiger partial charge in [-0.2, -0.15) is 13.2 Å². The van der Waals surface area contributed by atoms with Gasteiger partial charge in [0.2, 0.25) is 5.16 Å². The van der Waals surface area contributed by atoms with Crippen molar-refractivity contribution in [3.05, 3.63) is 29.8 Å². The first-order chi connectivity index (χ1) is 9.00. The van der Waals surface area contributed by atoms with E-state index >= 15 is 0 Å². The molecule has 0 fully saturated rings. The van der Waals surface area contributed by atoms with Gasteiger partial charge in [-0.3, -0.25) is 5.10 Å². The highest BCUT2D eigenvalue weighted by molar-refractivity contribution is 7.99. The van der Waals surface area contributed by atoms with E-state index in [4.69, 9.17) is 6.42 Å². The Morgan fingerprint density at radius 3 is 2.84 bits per heavy atom. The molecule has 0 atom stereocenters. The van der Waals surface area contributed by atoms with E-state index in [0.717, 1.165) is 12.1 Å². The zero-order valence-electron chi connectivity index (χ0n) is 9.53. The molecule has 0 aliphatic carbocycles. The van der Waals surface area contributed by atoms with Crippen molar-refractivity contribution in [2.75, 3.05) is 5.75 Å². The lowest BCUT2D eigenvalue weighted by atomic mass is 10.1. The van der Waals surface area contributed by atoms with Crippen LogP contribution in [0.2, 0.25) is 0 Å². The third kappa shape index (κ3) is 3.29. The van der Waals surface area contributed by atoms with Crippen molar-refractivity contribution in [2.24, 2.45) is 0 Å². The van der Waals surface area contributed by atoms with Crippen molar-refractivity contribution in [1.82, 2.24) is 15.2 Å². The number of nitrogens with zero attached hydrogens (tertiary/aromatic N) is 2. The zero-order chi connectivity index (χ0) is 13.9. The molecule has 2 aromatic rings. The molecular formula is C12H8F3N3S. The molecule has 7 heteroatoms. The molecule has 0 saturated heterocycles. The largest absolute Gasteiger partial charge is 0.416 e. The summed E-state index contributed by atoms with van der Waals surface area (Å²) in [6.07, 6.45) is 0.723. The van der Waals surface area contributed by atoms with Crippen molar-refractivity contribution in [2.45, 2.75) is 11.3 Å². The predicted octanol–water partition coefficient (Wildman–Crippen LogP) is 3.22. The Morgan fingerprint density at radius 1 is 1.37 bits per heavy atom. The number of thioether (sulfide) groups is 1. The van der Waals surface area contributed by atoms with Crippen molar-refractivity contribution >= 4 is 11.8 Å². The average molecular weight is 283 g/mol. The number of aromatic nitrogens is 3. The first-order valence-corrected chi connectivity index (χ1v) is 6.15. The highest BCUT2D eigenvalue weighted by atomic mass is 32.2. The second-order valence-corrected chi connectivity index (χ2v) is 4.48. The van der Waals surface area contributed by atoms with Gasteiger partial charge in [-0.05, 0) is 12.1 Å². The first-order valence-electron chi connectivity index (χ1n) is 5.17. The molecule has 1 aromatic heterocycles. The molecule has 2 rings (SSSR count). The van der Waals surface area contributed by atoms with Crippen LogP contribution in [-0.4, -0.2) is 20.9 Å². The van der Waals surface area contributed by atoms with E-state index in [2.05, 4.69) is 21.1 Å². The van der Waals surface area contributed by atoms with Gasteiger partial charge in [0.05, 0.1) is 11.3 Å². The maximum atomic E-state index is 12.6.